The summed E-state index contributed by atoms with van der Waals surface area (Å²) < 4.78 is 2.76. The summed E-state index contributed by atoms with van der Waals surface area (Å²) >= 11 is 1.94. The van der Waals surface area contributed by atoms with Crippen molar-refractivity contribution in [3.8, 4) is 45.0 Å². The fraction of sp³-hybridized carbons (Fsp3) is 0.196. The summed E-state index contributed by atoms with van der Waals surface area (Å²) in [6, 6.07) is 64.2. The molecule has 1 saturated carbocycles. The Bertz CT molecular complexity index is 2930. The number of aromatic nitrogens is 3. The fourth-order valence-electron chi connectivity index (χ4n) is 10.8. The van der Waals surface area contributed by atoms with Crippen molar-refractivity contribution < 1.29 is 0 Å². The number of rotatable bonds is 7. The van der Waals surface area contributed by atoms with E-state index in [0.29, 0.717) is 23.6 Å². The lowest BCUT2D eigenvalue weighted by atomic mass is 9.81. The van der Waals surface area contributed by atoms with E-state index in [9.17, 15) is 0 Å². The van der Waals surface area contributed by atoms with Gasteiger partial charge in [-0.1, -0.05) is 152 Å². The topological polar surface area (TPSA) is 53.9 Å². The molecule has 0 radical (unpaired) electrons. The number of hydrogen-bond donors (Lipinski definition) is 1. The molecule has 1 N–H and O–H groups in total. The molecule has 2 aromatic heterocycles. The average Bonchev–Trinajstić information content (AvgIpc) is 3.88. The third-order valence-electron chi connectivity index (χ3n) is 13.7. The third-order valence-corrected chi connectivity index (χ3v) is 14.9. The van der Waals surface area contributed by atoms with Crippen molar-refractivity contribution in [3.05, 3.63) is 193 Å². The van der Waals surface area contributed by atoms with Gasteiger partial charge in [-0.25, -0.2) is 15.0 Å². The molecule has 7 aromatic carbocycles. The number of thiophene rings is 1. The second-order valence-electron chi connectivity index (χ2n) is 17.4. The van der Waals surface area contributed by atoms with Crippen molar-refractivity contribution in [2.75, 3.05) is 4.90 Å². The van der Waals surface area contributed by atoms with Gasteiger partial charge in [-0.05, 0) is 95.5 Å². The average molecular weight is 822 g/mol. The van der Waals surface area contributed by atoms with Crippen LogP contribution in [-0.2, 0) is 0 Å². The quantitative estimate of drug-likeness (QED) is 0.174. The van der Waals surface area contributed by atoms with Crippen molar-refractivity contribution in [2.24, 2.45) is 0 Å². The molecule has 1 aliphatic carbocycles. The molecular formula is C56H47N5S. The number of hydrogen-bond acceptors (Lipinski definition) is 6. The van der Waals surface area contributed by atoms with Gasteiger partial charge >= 0.3 is 0 Å². The lowest BCUT2D eigenvalue weighted by Gasteiger charge is -2.46. The van der Waals surface area contributed by atoms with E-state index >= 15 is 0 Å². The number of piperidine rings is 1. The smallest absolute Gasteiger partial charge is 0.163 e. The van der Waals surface area contributed by atoms with E-state index < -0.39 is 0 Å². The van der Waals surface area contributed by atoms with Gasteiger partial charge in [0.05, 0.1) is 12.1 Å². The first-order valence-corrected chi connectivity index (χ1v) is 23.2. The standard InChI is InChI=1S/C56H47N5S/c1-5-17-36(18-6-1)40-31-41(37-19-7-2-8-20-37)33-42(32-40)47-29-30-49(53(57-47)56-59-54(38-21-9-3-10-22-38)58-55(60-56)39-23-11-4-12-24-39)61-48-27-15-13-25-43(48)45-35-52-46(34-50(45)61)44-26-14-16-28-51(44)62-52/h1-12,14,16-24,26,28,31-35,43,47-49,53,57H,13,15,25,27,29-30H2. The minimum Gasteiger partial charge on any atom is -0.363 e. The van der Waals surface area contributed by atoms with Crippen LogP contribution in [-0.4, -0.2) is 27.0 Å². The minimum atomic E-state index is -0.175. The van der Waals surface area contributed by atoms with Crippen LogP contribution in [0.4, 0.5) is 5.69 Å². The predicted octanol–water partition coefficient (Wildman–Crippen LogP) is 14.0. The molecule has 5 atom stereocenters. The van der Waals surface area contributed by atoms with E-state index in [-0.39, 0.29) is 18.1 Å². The number of benzene rings is 7. The van der Waals surface area contributed by atoms with Crippen molar-refractivity contribution in [1.29, 1.82) is 0 Å². The largest absolute Gasteiger partial charge is 0.363 e. The Kier molecular flexibility index (Phi) is 9.49. The number of fused-ring (bicyclic) bond motifs is 6. The van der Waals surface area contributed by atoms with Crippen LogP contribution in [0.1, 0.15) is 73.5 Å². The van der Waals surface area contributed by atoms with Crippen LogP contribution in [0.3, 0.4) is 0 Å². The first-order chi connectivity index (χ1) is 30.7. The Balaban J connectivity index is 1.04. The van der Waals surface area contributed by atoms with Crippen molar-refractivity contribution >= 4 is 37.2 Å². The van der Waals surface area contributed by atoms with Crippen LogP contribution in [0, 0.1) is 0 Å². The van der Waals surface area contributed by atoms with Crippen LogP contribution < -0.4 is 10.2 Å². The molecule has 3 aliphatic rings. The van der Waals surface area contributed by atoms with Crippen LogP contribution in [0.5, 0.6) is 0 Å². The van der Waals surface area contributed by atoms with Gasteiger partial charge in [0.15, 0.2) is 17.5 Å². The second kappa shape index (κ2) is 15.8. The third kappa shape index (κ3) is 6.70. The van der Waals surface area contributed by atoms with Crippen molar-refractivity contribution in [2.45, 2.75) is 68.6 Å². The van der Waals surface area contributed by atoms with Gasteiger partial charge in [-0.3, -0.25) is 5.32 Å². The van der Waals surface area contributed by atoms with Gasteiger partial charge in [0, 0.05) is 55.0 Å². The Morgan fingerprint density at radius 3 is 1.69 bits per heavy atom. The highest BCUT2D eigenvalue weighted by atomic mass is 32.1. The lowest BCUT2D eigenvalue weighted by Crippen LogP contribution is -2.53. The molecule has 0 spiro atoms. The summed E-state index contributed by atoms with van der Waals surface area (Å²) in [6.07, 6.45) is 6.95. The van der Waals surface area contributed by atoms with Crippen LogP contribution in [0.25, 0.3) is 65.2 Å². The summed E-state index contributed by atoms with van der Waals surface area (Å²) in [7, 11) is 0. The highest BCUT2D eigenvalue weighted by Gasteiger charge is 2.47. The number of anilines is 1. The molecule has 9 aromatic rings. The first kappa shape index (κ1) is 37.3. The molecule has 2 aliphatic heterocycles. The van der Waals surface area contributed by atoms with E-state index in [1.807, 2.05) is 11.3 Å². The maximum Gasteiger partial charge on any atom is 0.163 e. The fourth-order valence-corrected chi connectivity index (χ4v) is 12.0. The molecule has 2 fully saturated rings. The summed E-state index contributed by atoms with van der Waals surface area (Å²) in [6.45, 7) is 0. The van der Waals surface area contributed by atoms with E-state index in [2.05, 4.69) is 186 Å². The summed E-state index contributed by atoms with van der Waals surface area (Å²) in [5, 5.41) is 7.05. The summed E-state index contributed by atoms with van der Waals surface area (Å²) in [4.78, 5) is 19.0. The van der Waals surface area contributed by atoms with Crippen LogP contribution in [0.15, 0.2) is 176 Å². The predicted molar refractivity (Wildman–Crippen MR) is 256 cm³/mol. The molecule has 6 heteroatoms. The Morgan fingerprint density at radius 2 is 1.05 bits per heavy atom. The Morgan fingerprint density at radius 1 is 0.468 bits per heavy atom. The maximum absolute atomic E-state index is 5.47. The van der Waals surface area contributed by atoms with Gasteiger partial charge in [0.25, 0.3) is 0 Å². The number of nitrogens with zero attached hydrogens (tertiary/aromatic N) is 4. The number of nitrogens with one attached hydrogen (secondary N) is 1. The molecule has 5 nitrogen and oxygen atoms in total. The molecule has 302 valence electrons. The van der Waals surface area contributed by atoms with Crippen LogP contribution >= 0.6 is 11.3 Å². The Hall–Kier alpha value is -6.47. The van der Waals surface area contributed by atoms with Crippen molar-refractivity contribution in [1.82, 2.24) is 20.3 Å². The van der Waals surface area contributed by atoms with E-state index in [0.717, 1.165) is 29.8 Å². The molecule has 1 saturated heterocycles. The molecule has 4 heterocycles. The molecule has 0 amide bonds. The monoisotopic (exact) mass is 821 g/mol. The van der Waals surface area contributed by atoms with E-state index in [1.54, 1.807) is 0 Å². The lowest BCUT2D eigenvalue weighted by molar-refractivity contribution is 0.248. The molecule has 0 bridgehead atoms. The van der Waals surface area contributed by atoms with Gasteiger partial charge in [0.1, 0.15) is 0 Å². The molecular weight excluding hydrogens is 775 g/mol. The second-order valence-corrected chi connectivity index (χ2v) is 18.4. The maximum atomic E-state index is 5.47. The van der Waals surface area contributed by atoms with Gasteiger partial charge in [-0.2, -0.15) is 0 Å². The molecule has 12 rings (SSSR count). The zero-order valence-corrected chi connectivity index (χ0v) is 35.4. The normalized spacial score (nSPS) is 20.9. The van der Waals surface area contributed by atoms with Crippen molar-refractivity contribution in [3.63, 3.8) is 0 Å². The SMILES string of the molecule is c1ccc(-c2cc(-c3ccccc3)cc(C3CCC(N4c5cc6c(cc5C5CCCCC54)sc4ccccc46)C(c4nc(-c5ccccc5)nc(-c5ccccc5)n4)N3)c2)cc1. The highest BCUT2D eigenvalue weighted by molar-refractivity contribution is 7.25. The first-order valence-electron chi connectivity index (χ1n) is 22.3. The Labute approximate surface area is 367 Å². The summed E-state index contributed by atoms with van der Waals surface area (Å²) in [5.74, 6) is 2.73. The zero-order valence-electron chi connectivity index (χ0n) is 34.6. The molecule has 62 heavy (non-hydrogen) atoms. The van der Waals surface area contributed by atoms with Gasteiger partial charge < -0.3 is 4.90 Å². The zero-order chi connectivity index (χ0) is 41.0. The van der Waals surface area contributed by atoms with E-state index in [4.69, 9.17) is 15.0 Å². The van der Waals surface area contributed by atoms with Gasteiger partial charge in [-0.15, -0.1) is 11.3 Å². The molecule has 5 unspecified atom stereocenters. The van der Waals surface area contributed by atoms with Gasteiger partial charge in [0.2, 0.25) is 0 Å². The minimum absolute atomic E-state index is 0.0759. The summed E-state index contributed by atoms with van der Waals surface area (Å²) in [5.41, 5.74) is 11.1. The van der Waals surface area contributed by atoms with Crippen LogP contribution in [0.2, 0.25) is 0 Å². The van der Waals surface area contributed by atoms with E-state index in [1.165, 1.54) is 84.9 Å². The highest BCUT2D eigenvalue weighted by Crippen LogP contribution is 2.54.